The van der Waals surface area contributed by atoms with E-state index in [1.807, 2.05) is 0 Å². The second-order valence-corrected chi connectivity index (χ2v) is 3.42. The predicted molar refractivity (Wildman–Crippen MR) is 57.5 cm³/mol. The minimum atomic E-state index is 0.114. The average molecular weight is 223 g/mol. The molecule has 2 N–H and O–H groups in total. The Morgan fingerprint density at radius 1 is 1.44 bits per heavy atom. The van der Waals surface area contributed by atoms with E-state index in [0.29, 0.717) is 30.2 Å². The van der Waals surface area contributed by atoms with Gasteiger partial charge in [-0.2, -0.15) is 0 Å². The Kier molecular flexibility index (Phi) is 3.26. The number of aliphatic hydroxyl groups is 1. The molecule has 0 radical (unpaired) electrons. The number of fused-ring (bicyclic) bond motifs is 1. The molecule has 1 aliphatic heterocycles. The van der Waals surface area contributed by atoms with E-state index in [0.717, 1.165) is 5.56 Å². The van der Waals surface area contributed by atoms with E-state index in [1.165, 1.54) is 0 Å². The fraction of sp³-hybridized carbons (Fsp3) is 0.364. The summed E-state index contributed by atoms with van der Waals surface area (Å²) in [6.45, 7) is 0.866. The number of nitrogens with zero attached hydrogens (tertiary/aromatic N) is 1. The molecule has 0 fully saturated rings. The highest BCUT2D eigenvalue weighted by atomic mass is 16.5. The van der Waals surface area contributed by atoms with Gasteiger partial charge in [0.25, 0.3) is 0 Å². The lowest BCUT2D eigenvalue weighted by atomic mass is 10.1. The van der Waals surface area contributed by atoms with E-state index in [4.69, 9.17) is 19.8 Å². The predicted octanol–water partition coefficient (Wildman–Crippen LogP) is 1.02. The second-order valence-electron chi connectivity index (χ2n) is 3.42. The number of ether oxygens (including phenoxy) is 2. The molecule has 1 aromatic rings. The molecule has 0 unspecified atom stereocenters. The fourth-order valence-electron chi connectivity index (χ4n) is 1.51. The molecular formula is C11H13NO4. The Hall–Kier alpha value is -1.75. The van der Waals surface area contributed by atoms with Crippen molar-refractivity contribution in [2.45, 2.75) is 6.42 Å². The molecule has 2 rings (SSSR count). The van der Waals surface area contributed by atoms with Gasteiger partial charge in [-0.3, -0.25) is 0 Å². The van der Waals surface area contributed by atoms with E-state index in [9.17, 15) is 0 Å². The van der Waals surface area contributed by atoms with E-state index >= 15 is 0 Å². The van der Waals surface area contributed by atoms with Crippen LogP contribution in [0.15, 0.2) is 23.4 Å². The van der Waals surface area contributed by atoms with Crippen molar-refractivity contribution in [3.63, 3.8) is 0 Å². The van der Waals surface area contributed by atoms with Gasteiger partial charge in [0.15, 0.2) is 0 Å². The minimum absolute atomic E-state index is 0.114. The Balaban J connectivity index is 2.09. The molecule has 0 aliphatic carbocycles. The summed E-state index contributed by atoms with van der Waals surface area (Å²) in [6.07, 6.45) is 0.599. The van der Waals surface area contributed by atoms with Crippen LogP contribution in [-0.2, 0) is 0 Å². The lowest BCUT2D eigenvalue weighted by Crippen LogP contribution is -2.01. The molecule has 0 amide bonds. The van der Waals surface area contributed by atoms with Gasteiger partial charge in [0.2, 0.25) is 0 Å². The number of rotatable bonds is 4. The van der Waals surface area contributed by atoms with Crippen LogP contribution in [0.1, 0.15) is 12.0 Å². The zero-order valence-electron chi connectivity index (χ0n) is 8.72. The third-order valence-corrected chi connectivity index (χ3v) is 2.32. The first-order chi connectivity index (χ1) is 7.85. The van der Waals surface area contributed by atoms with Crippen molar-refractivity contribution < 1.29 is 19.8 Å². The highest BCUT2D eigenvalue weighted by Crippen LogP contribution is 2.29. The fourth-order valence-corrected chi connectivity index (χ4v) is 1.51. The van der Waals surface area contributed by atoms with Crippen LogP contribution >= 0.6 is 0 Å². The van der Waals surface area contributed by atoms with Crippen LogP contribution in [0.3, 0.4) is 0 Å². The molecule has 0 saturated heterocycles. The van der Waals surface area contributed by atoms with Crippen molar-refractivity contribution in [1.29, 1.82) is 0 Å². The van der Waals surface area contributed by atoms with Crippen LogP contribution in [0.5, 0.6) is 11.5 Å². The second kappa shape index (κ2) is 4.85. The normalized spacial score (nSPS) is 15.9. The van der Waals surface area contributed by atoms with Gasteiger partial charge in [-0.1, -0.05) is 5.16 Å². The van der Waals surface area contributed by atoms with Gasteiger partial charge in [-0.05, 0) is 12.1 Å². The molecule has 1 aromatic carbocycles. The number of hydrogen-bond donors (Lipinski definition) is 2. The van der Waals surface area contributed by atoms with Crippen LogP contribution in [0.4, 0.5) is 0 Å². The van der Waals surface area contributed by atoms with Gasteiger partial charge in [0, 0.05) is 24.7 Å². The summed E-state index contributed by atoms with van der Waals surface area (Å²) in [4.78, 5) is 0. The standard InChI is InChI=1S/C11H13NO4/c13-4-1-5-15-8-2-3-9-10(12-14)7-16-11(9)6-8/h2-3,6,13-14H,1,4-5,7H2/b12-10+. The van der Waals surface area contributed by atoms with Gasteiger partial charge < -0.3 is 19.8 Å². The maximum absolute atomic E-state index is 8.70. The summed E-state index contributed by atoms with van der Waals surface area (Å²) in [7, 11) is 0. The third kappa shape index (κ3) is 2.09. The molecule has 86 valence electrons. The summed E-state index contributed by atoms with van der Waals surface area (Å²) in [6, 6.07) is 5.34. The lowest BCUT2D eigenvalue weighted by Gasteiger charge is -2.06. The van der Waals surface area contributed by atoms with Gasteiger partial charge in [0.1, 0.15) is 23.8 Å². The molecular weight excluding hydrogens is 210 g/mol. The highest BCUT2D eigenvalue weighted by molar-refractivity contribution is 6.05. The van der Waals surface area contributed by atoms with E-state index in [1.54, 1.807) is 18.2 Å². The van der Waals surface area contributed by atoms with Gasteiger partial charge in [-0.25, -0.2) is 0 Å². The summed E-state index contributed by atoms with van der Waals surface area (Å²) in [5.41, 5.74) is 1.31. The maximum atomic E-state index is 8.70. The van der Waals surface area contributed by atoms with Crippen LogP contribution in [0.2, 0.25) is 0 Å². The van der Waals surface area contributed by atoms with E-state index < -0.39 is 0 Å². The molecule has 0 spiro atoms. The first-order valence-electron chi connectivity index (χ1n) is 5.07. The number of hydrogen-bond acceptors (Lipinski definition) is 5. The molecule has 0 atom stereocenters. The number of oxime groups is 1. The largest absolute Gasteiger partial charge is 0.493 e. The van der Waals surface area contributed by atoms with Gasteiger partial charge in [-0.15, -0.1) is 0 Å². The molecule has 0 bridgehead atoms. The molecule has 0 saturated carbocycles. The minimum Gasteiger partial charge on any atom is -0.493 e. The maximum Gasteiger partial charge on any atom is 0.134 e. The van der Waals surface area contributed by atoms with E-state index in [-0.39, 0.29) is 13.2 Å². The summed E-state index contributed by atoms with van der Waals surface area (Å²) < 4.78 is 10.7. The van der Waals surface area contributed by atoms with Gasteiger partial charge in [0.05, 0.1) is 6.61 Å². The third-order valence-electron chi connectivity index (χ3n) is 2.32. The van der Waals surface area contributed by atoms with Crippen molar-refractivity contribution in [1.82, 2.24) is 0 Å². The van der Waals surface area contributed by atoms with E-state index in [2.05, 4.69) is 5.16 Å². The topological polar surface area (TPSA) is 71.3 Å². The molecule has 5 heteroatoms. The summed E-state index contributed by atoms with van der Waals surface area (Å²) in [5, 5.41) is 20.5. The van der Waals surface area contributed by atoms with Crippen LogP contribution in [0, 0.1) is 0 Å². The molecule has 1 heterocycles. The Morgan fingerprint density at radius 2 is 2.31 bits per heavy atom. The molecule has 1 aliphatic rings. The van der Waals surface area contributed by atoms with Crippen molar-refractivity contribution in [3.05, 3.63) is 23.8 Å². The summed E-state index contributed by atoms with van der Waals surface area (Å²) >= 11 is 0. The lowest BCUT2D eigenvalue weighted by molar-refractivity contribution is 0.233. The molecule has 5 nitrogen and oxygen atoms in total. The monoisotopic (exact) mass is 223 g/mol. The molecule has 16 heavy (non-hydrogen) atoms. The Morgan fingerprint density at radius 3 is 3.06 bits per heavy atom. The smallest absolute Gasteiger partial charge is 0.134 e. The number of benzene rings is 1. The Labute approximate surface area is 92.9 Å². The van der Waals surface area contributed by atoms with Gasteiger partial charge >= 0.3 is 0 Å². The van der Waals surface area contributed by atoms with Crippen molar-refractivity contribution in [2.24, 2.45) is 5.16 Å². The zero-order chi connectivity index (χ0) is 11.4. The first-order valence-corrected chi connectivity index (χ1v) is 5.07. The molecule has 0 aromatic heterocycles. The Bertz CT molecular complexity index is 403. The first kappa shape index (κ1) is 10.8. The highest BCUT2D eigenvalue weighted by Gasteiger charge is 2.20. The van der Waals surface area contributed by atoms with Crippen molar-refractivity contribution in [2.75, 3.05) is 19.8 Å². The van der Waals surface area contributed by atoms with Crippen molar-refractivity contribution >= 4 is 5.71 Å². The SMILES string of the molecule is OCCCOc1ccc2c(c1)OC/C2=N\O. The van der Waals surface area contributed by atoms with Crippen LogP contribution < -0.4 is 9.47 Å². The van der Waals surface area contributed by atoms with Crippen molar-refractivity contribution in [3.8, 4) is 11.5 Å². The average Bonchev–Trinajstić information content (AvgIpc) is 2.71. The summed E-state index contributed by atoms with van der Waals surface area (Å²) in [5.74, 6) is 1.35. The number of aliphatic hydroxyl groups excluding tert-OH is 1. The van der Waals surface area contributed by atoms with Crippen LogP contribution in [0.25, 0.3) is 0 Å². The van der Waals surface area contributed by atoms with Crippen LogP contribution in [-0.4, -0.2) is 35.8 Å². The quantitative estimate of drug-likeness (QED) is 0.454. The zero-order valence-corrected chi connectivity index (χ0v) is 8.72.